The number of nitrogens with two attached hydrogens (primary N) is 1. The molecule has 0 spiro atoms. The Hall–Kier alpha value is -1.38. The molecular formula is C10H14N5O4P. The van der Waals surface area contributed by atoms with Crippen LogP contribution >= 0.6 is 9.03 Å². The third kappa shape index (κ3) is 2.58. The highest BCUT2D eigenvalue weighted by atomic mass is 31.1. The van der Waals surface area contributed by atoms with Crippen LogP contribution in [-0.2, 0) is 13.9 Å². The maximum Gasteiger partial charge on any atom is 0.194 e. The molecular weight excluding hydrogens is 285 g/mol. The molecule has 1 fully saturated rings. The molecule has 3 rings (SSSR count). The monoisotopic (exact) mass is 299 g/mol. The maximum atomic E-state index is 8.19. The Kier molecular flexibility index (Phi) is 4.04. The first-order chi connectivity index (χ1) is 9.79. The highest BCUT2D eigenvalue weighted by molar-refractivity contribution is 7.26. The van der Waals surface area contributed by atoms with Gasteiger partial charge in [0.25, 0.3) is 0 Å². The van der Waals surface area contributed by atoms with Crippen molar-refractivity contribution in [1.82, 2.24) is 19.5 Å². The predicted molar refractivity (Wildman–Crippen MR) is 70.9 cm³/mol. The molecule has 3 atom stereocenters. The van der Waals surface area contributed by atoms with Crippen LogP contribution in [0.1, 0.15) is 19.1 Å². The number of hydrogen-bond acceptors (Lipinski definition) is 8. The highest BCUT2D eigenvalue weighted by Gasteiger charge is 2.28. The van der Waals surface area contributed by atoms with Crippen LogP contribution in [0, 0.1) is 0 Å². The van der Waals surface area contributed by atoms with Gasteiger partial charge in [-0.05, 0) is 12.8 Å². The Balaban J connectivity index is 1.72. The molecule has 0 bridgehead atoms. The number of rotatable bonds is 5. The van der Waals surface area contributed by atoms with E-state index in [-0.39, 0.29) is 12.3 Å². The number of fused-ring (bicyclic) bond motifs is 1. The highest BCUT2D eigenvalue weighted by Crippen LogP contribution is 2.31. The maximum absolute atomic E-state index is 8.19. The van der Waals surface area contributed by atoms with Gasteiger partial charge in [0, 0.05) is 0 Å². The first-order valence-corrected chi connectivity index (χ1v) is 6.87. The van der Waals surface area contributed by atoms with Gasteiger partial charge in [-0.1, -0.05) is 0 Å². The summed E-state index contributed by atoms with van der Waals surface area (Å²) in [6, 6.07) is 0. The SMILES string of the molecule is Nc1ncnc2c1ncn2C1CCC(COPOO)O1. The van der Waals surface area contributed by atoms with Crippen molar-refractivity contribution in [2.75, 3.05) is 12.3 Å². The molecule has 10 heteroatoms. The van der Waals surface area contributed by atoms with Gasteiger partial charge in [-0.25, -0.2) is 20.2 Å². The van der Waals surface area contributed by atoms with Crippen LogP contribution in [0.4, 0.5) is 5.82 Å². The predicted octanol–water partition coefficient (Wildman–Crippen LogP) is 1.10. The van der Waals surface area contributed by atoms with Crippen LogP contribution in [0.5, 0.6) is 0 Å². The van der Waals surface area contributed by atoms with E-state index in [1.807, 2.05) is 4.57 Å². The van der Waals surface area contributed by atoms with E-state index < -0.39 is 9.03 Å². The molecule has 0 radical (unpaired) electrons. The smallest absolute Gasteiger partial charge is 0.194 e. The fourth-order valence-electron chi connectivity index (χ4n) is 2.25. The van der Waals surface area contributed by atoms with Crippen molar-refractivity contribution in [2.24, 2.45) is 0 Å². The summed E-state index contributed by atoms with van der Waals surface area (Å²) in [7, 11) is -0.392. The summed E-state index contributed by atoms with van der Waals surface area (Å²) < 4.78 is 16.7. The Labute approximate surface area is 116 Å². The third-order valence-electron chi connectivity index (χ3n) is 3.15. The molecule has 1 aliphatic rings. The van der Waals surface area contributed by atoms with Crippen LogP contribution in [0.3, 0.4) is 0 Å². The van der Waals surface area contributed by atoms with E-state index in [0.717, 1.165) is 12.8 Å². The second-order valence-corrected chi connectivity index (χ2v) is 5.00. The second-order valence-electron chi connectivity index (χ2n) is 4.36. The summed E-state index contributed by atoms with van der Waals surface area (Å²) in [6.07, 6.45) is 4.54. The van der Waals surface area contributed by atoms with Gasteiger partial charge >= 0.3 is 0 Å². The zero-order valence-electron chi connectivity index (χ0n) is 10.5. The van der Waals surface area contributed by atoms with Gasteiger partial charge in [-0.3, -0.25) is 4.57 Å². The molecule has 108 valence electrons. The average Bonchev–Trinajstić information content (AvgIpc) is 3.06. The lowest BCUT2D eigenvalue weighted by atomic mass is 10.2. The van der Waals surface area contributed by atoms with Crippen molar-refractivity contribution in [3.8, 4) is 0 Å². The Morgan fingerprint density at radius 1 is 1.45 bits per heavy atom. The molecule has 9 nitrogen and oxygen atoms in total. The van der Waals surface area contributed by atoms with Gasteiger partial charge in [0.15, 0.2) is 20.5 Å². The molecule has 3 N–H and O–H groups in total. The number of aromatic nitrogens is 4. The molecule has 0 aromatic carbocycles. The summed E-state index contributed by atoms with van der Waals surface area (Å²) in [5.74, 6) is 0.355. The molecule has 3 unspecified atom stereocenters. The van der Waals surface area contributed by atoms with Crippen molar-refractivity contribution < 1.29 is 19.2 Å². The average molecular weight is 299 g/mol. The van der Waals surface area contributed by atoms with Crippen LogP contribution in [0.2, 0.25) is 0 Å². The van der Waals surface area contributed by atoms with E-state index in [4.69, 9.17) is 20.3 Å². The van der Waals surface area contributed by atoms with Gasteiger partial charge in [0.2, 0.25) is 0 Å². The molecule has 20 heavy (non-hydrogen) atoms. The molecule has 0 amide bonds. The lowest BCUT2D eigenvalue weighted by Gasteiger charge is -2.14. The van der Waals surface area contributed by atoms with Gasteiger partial charge in [-0.2, -0.15) is 4.67 Å². The molecule has 0 saturated carbocycles. The van der Waals surface area contributed by atoms with Gasteiger partial charge < -0.3 is 15.0 Å². The molecule has 3 heterocycles. The van der Waals surface area contributed by atoms with Crippen molar-refractivity contribution in [2.45, 2.75) is 25.2 Å². The first kappa shape index (κ1) is 13.6. The molecule has 1 saturated heterocycles. The quantitative estimate of drug-likeness (QED) is 0.365. The van der Waals surface area contributed by atoms with E-state index in [1.54, 1.807) is 6.33 Å². The number of ether oxygens (including phenoxy) is 1. The number of anilines is 1. The van der Waals surface area contributed by atoms with Crippen molar-refractivity contribution in [3.63, 3.8) is 0 Å². The van der Waals surface area contributed by atoms with E-state index in [2.05, 4.69) is 19.6 Å². The van der Waals surface area contributed by atoms with Crippen molar-refractivity contribution in [3.05, 3.63) is 12.7 Å². The van der Waals surface area contributed by atoms with E-state index in [1.165, 1.54) is 6.33 Å². The number of nitrogens with zero attached hydrogens (tertiary/aromatic N) is 4. The minimum absolute atomic E-state index is 0.0423. The zero-order valence-corrected chi connectivity index (χ0v) is 11.5. The summed E-state index contributed by atoms with van der Waals surface area (Å²) in [5.41, 5.74) is 6.98. The van der Waals surface area contributed by atoms with E-state index >= 15 is 0 Å². The third-order valence-corrected chi connectivity index (χ3v) is 3.51. The van der Waals surface area contributed by atoms with Crippen LogP contribution in [0.25, 0.3) is 11.2 Å². The fraction of sp³-hybridized carbons (Fsp3) is 0.500. The number of nitrogen functional groups attached to an aromatic ring is 1. The Morgan fingerprint density at radius 2 is 2.35 bits per heavy atom. The van der Waals surface area contributed by atoms with Crippen LogP contribution in [0.15, 0.2) is 12.7 Å². The Bertz CT molecular complexity index is 594. The molecule has 0 aliphatic carbocycles. The fourth-order valence-corrected chi connectivity index (χ4v) is 2.55. The van der Waals surface area contributed by atoms with Crippen molar-refractivity contribution >= 4 is 26.0 Å². The lowest BCUT2D eigenvalue weighted by Crippen LogP contribution is -2.15. The standard InChI is InChI=1S/C10H14N5O4P/c11-9-8-10(13-4-12-9)15(5-14-8)7-2-1-6(18-7)3-17-20-19-16/h4-7,16,20H,1-3H2,(H2,11,12,13). The van der Waals surface area contributed by atoms with E-state index in [0.29, 0.717) is 23.6 Å². The number of imidazole rings is 1. The largest absolute Gasteiger partial charge is 0.382 e. The van der Waals surface area contributed by atoms with E-state index in [9.17, 15) is 0 Å². The van der Waals surface area contributed by atoms with Crippen LogP contribution in [-0.4, -0.2) is 37.5 Å². The van der Waals surface area contributed by atoms with Crippen LogP contribution < -0.4 is 5.73 Å². The zero-order chi connectivity index (χ0) is 13.9. The summed E-state index contributed by atoms with van der Waals surface area (Å²) in [4.78, 5) is 12.3. The summed E-state index contributed by atoms with van der Waals surface area (Å²) >= 11 is 0. The lowest BCUT2D eigenvalue weighted by molar-refractivity contribution is -0.134. The Morgan fingerprint density at radius 3 is 3.20 bits per heavy atom. The molecule has 2 aromatic heterocycles. The summed E-state index contributed by atoms with van der Waals surface area (Å²) in [5, 5.41) is 8.19. The molecule has 2 aromatic rings. The van der Waals surface area contributed by atoms with Gasteiger partial charge in [0.05, 0.1) is 19.0 Å². The van der Waals surface area contributed by atoms with Crippen molar-refractivity contribution in [1.29, 1.82) is 0 Å². The van der Waals surface area contributed by atoms with Gasteiger partial charge in [-0.15, -0.1) is 0 Å². The minimum Gasteiger partial charge on any atom is -0.382 e. The summed E-state index contributed by atoms with van der Waals surface area (Å²) in [6.45, 7) is 0.374. The normalized spacial score (nSPS) is 23.2. The second kappa shape index (κ2) is 5.94. The number of hydrogen-bond donors (Lipinski definition) is 2. The topological polar surface area (TPSA) is 118 Å². The minimum atomic E-state index is -0.392. The first-order valence-electron chi connectivity index (χ1n) is 6.05. The van der Waals surface area contributed by atoms with Gasteiger partial charge in [0.1, 0.15) is 18.1 Å². The molecule has 1 aliphatic heterocycles.